The maximum atomic E-state index is 12.4. The second kappa shape index (κ2) is 5.92. The molecule has 4 rings (SSSR count). The molecule has 4 atom stereocenters. The summed E-state index contributed by atoms with van der Waals surface area (Å²) >= 11 is 0. The van der Waals surface area contributed by atoms with Crippen molar-refractivity contribution in [1.82, 2.24) is 15.5 Å². The Kier molecular flexibility index (Phi) is 3.75. The minimum absolute atomic E-state index is 0.0366. The molecule has 3 aliphatic rings. The average molecular weight is 327 g/mol. The fraction of sp³-hybridized carbons (Fsp3) is 0.500. The molecule has 6 heteroatoms. The van der Waals surface area contributed by atoms with E-state index >= 15 is 0 Å². The van der Waals surface area contributed by atoms with Gasteiger partial charge in [-0.1, -0.05) is 36.8 Å². The van der Waals surface area contributed by atoms with Crippen LogP contribution in [0.25, 0.3) is 0 Å². The molecule has 126 valence electrons. The van der Waals surface area contributed by atoms with E-state index in [0.717, 1.165) is 6.42 Å². The summed E-state index contributed by atoms with van der Waals surface area (Å²) in [5, 5.41) is 5.32. The number of carbonyl (C=O) groups excluding carboxylic acids is 3. The first-order valence-corrected chi connectivity index (χ1v) is 8.56. The van der Waals surface area contributed by atoms with Crippen molar-refractivity contribution in [2.24, 2.45) is 11.8 Å². The summed E-state index contributed by atoms with van der Waals surface area (Å²) in [5.41, 5.74) is 1.28. The van der Waals surface area contributed by atoms with Gasteiger partial charge in [0.1, 0.15) is 13.1 Å². The van der Waals surface area contributed by atoms with Crippen LogP contribution >= 0.6 is 0 Å². The third-order valence-electron chi connectivity index (χ3n) is 5.65. The van der Waals surface area contributed by atoms with Crippen LogP contribution in [0.15, 0.2) is 30.3 Å². The highest BCUT2D eigenvalue weighted by atomic mass is 16.2. The fourth-order valence-corrected chi connectivity index (χ4v) is 4.64. The number of amides is 4. The summed E-state index contributed by atoms with van der Waals surface area (Å²) < 4.78 is 0. The van der Waals surface area contributed by atoms with Crippen molar-refractivity contribution in [1.29, 1.82) is 0 Å². The van der Waals surface area contributed by atoms with E-state index in [0.29, 0.717) is 17.8 Å². The molecule has 3 fully saturated rings. The number of fused-ring (bicyclic) bond motifs is 1. The van der Waals surface area contributed by atoms with Gasteiger partial charge in [0.15, 0.2) is 0 Å². The molecule has 2 aliphatic carbocycles. The Morgan fingerprint density at radius 3 is 2.62 bits per heavy atom. The Hall–Kier alpha value is -2.37. The maximum absolute atomic E-state index is 12.4. The Labute approximate surface area is 140 Å². The fourth-order valence-electron chi connectivity index (χ4n) is 4.64. The monoisotopic (exact) mass is 327 g/mol. The number of rotatable bonds is 4. The van der Waals surface area contributed by atoms with Gasteiger partial charge in [0.25, 0.3) is 0 Å². The quantitative estimate of drug-likeness (QED) is 0.817. The van der Waals surface area contributed by atoms with Crippen molar-refractivity contribution in [2.45, 2.75) is 31.2 Å². The summed E-state index contributed by atoms with van der Waals surface area (Å²) in [5.74, 6) is 1.00. The molecule has 6 nitrogen and oxygen atoms in total. The normalized spacial score (nSPS) is 31.4. The zero-order chi connectivity index (χ0) is 16.7. The second-order valence-electron chi connectivity index (χ2n) is 7.00. The van der Waals surface area contributed by atoms with Crippen molar-refractivity contribution in [2.75, 3.05) is 13.1 Å². The van der Waals surface area contributed by atoms with Gasteiger partial charge in [-0.05, 0) is 30.2 Å². The van der Waals surface area contributed by atoms with Gasteiger partial charge in [-0.2, -0.15) is 0 Å². The SMILES string of the molecule is O=C1CN(CC(=O)N[C@@H]2[C@@H]3CCC[C@H]3[C@H]2c2ccccc2)C(=O)N1. The lowest BCUT2D eigenvalue weighted by Crippen LogP contribution is -2.58. The number of nitrogens with zero attached hydrogens (tertiary/aromatic N) is 1. The molecular formula is C18H21N3O3. The van der Waals surface area contributed by atoms with E-state index < -0.39 is 6.03 Å². The minimum atomic E-state index is -0.484. The summed E-state index contributed by atoms with van der Waals surface area (Å²) in [6.45, 7) is -0.0991. The lowest BCUT2D eigenvalue weighted by atomic mass is 9.60. The number of benzene rings is 1. The largest absolute Gasteiger partial charge is 0.351 e. The van der Waals surface area contributed by atoms with E-state index in [-0.39, 0.29) is 30.9 Å². The highest BCUT2D eigenvalue weighted by molar-refractivity contribution is 6.03. The van der Waals surface area contributed by atoms with Gasteiger partial charge < -0.3 is 10.2 Å². The summed E-state index contributed by atoms with van der Waals surface area (Å²) in [4.78, 5) is 36.4. The van der Waals surface area contributed by atoms with Gasteiger partial charge in [0, 0.05) is 12.0 Å². The van der Waals surface area contributed by atoms with Crippen LogP contribution in [0.5, 0.6) is 0 Å². The van der Waals surface area contributed by atoms with Crippen LogP contribution in [0.2, 0.25) is 0 Å². The van der Waals surface area contributed by atoms with Crippen LogP contribution in [0, 0.1) is 11.8 Å². The summed E-state index contributed by atoms with van der Waals surface area (Å²) in [6.07, 6.45) is 3.59. The van der Waals surface area contributed by atoms with Crippen molar-refractivity contribution < 1.29 is 14.4 Å². The van der Waals surface area contributed by atoms with E-state index in [9.17, 15) is 14.4 Å². The Morgan fingerprint density at radius 2 is 1.92 bits per heavy atom. The zero-order valence-electron chi connectivity index (χ0n) is 13.4. The van der Waals surface area contributed by atoms with Gasteiger partial charge in [-0.15, -0.1) is 0 Å². The molecule has 0 radical (unpaired) electrons. The Balaban J connectivity index is 1.43. The summed E-state index contributed by atoms with van der Waals surface area (Å²) in [6, 6.07) is 9.99. The highest BCUT2D eigenvalue weighted by Gasteiger charge is 2.53. The highest BCUT2D eigenvalue weighted by Crippen LogP contribution is 2.55. The smallest absolute Gasteiger partial charge is 0.325 e. The maximum Gasteiger partial charge on any atom is 0.325 e. The topological polar surface area (TPSA) is 78.5 Å². The first-order valence-electron chi connectivity index (χ1n) is 8.56. The van der Waals surface area contributed by atoms with Crippen LogP contribution in [0.4, 0.5) is 4.79 Å². The van der Waals surface area contributed by atoms with Gasteiger partial charge >= 0.3 is 6.03 Å². The molecule has 0 bridgehead atoms. The predicted octanol–water partition coefficient (Wildman–Crippen LogP) is 1.24. The molecule has 4 amide bonds. The Bertz CT molecular complexity index is 675. The lowest BCUT2D eigenvalue weighted by Gasteiger charge is -2.49. The van der Waals surface area contributed by atoms with E-state index in [1.807, 2.05) is 18.2 Å². The van der Waals surface area contributed by atoms with E-state index in [1.165, 1.54) is 23.3 Å². The van der Waals surface area contributed by atoms with Crippen molar-refractivity contribution in [3.63, 3.8) is 0 Å². The van der Waals surface area contributed by atoms with Gasteiger partial charge in [-0.3, -0.25) is 14.9 Å². The van der Waals surface area contributed by atoms with Crippen molar-refractivity contribution in [3.8, 4) is 0 Å². The molecular weight excluding hydrogens is 306 g/mol. The molecule has 24 heavy (non-hydrogen) atoms. The standard InChI is InChI=1S/C18H21N3O3/c22-14(9-21-10-15(23)20-18(21)24)19-17-13-8-4-7-12(13)16(17)11-5-2-1-3-6-11/h1-3,5-6,12-13,16-17H,4,7-10H2,(H,19,22)(H,20,23,24)/t12-,13-,16-,17-/m1/s1. The number of hydrogen-bond acceptors (Lipinski definition) is 3. The van der Waals surface area contributed by atoms with Crippen LogP contribution < -0.4 is 10.6 Å². The molecule has 1 aromatic rings. The molecule has 2 saturated carbocycles. The predicted molar refractivity (Wildman–Crippen MR) is 87.1 cm³/mol. The summed E-state index contributed by atoms with van der Waals surface area (Å²) in [7, 11) is 0. The molecule has 1 aliphatic heterocycles. The van der Waals surface area contributed by atoms with Crippen LogP contribution in [-0.2, 0) is 9.59 Å². The molecule has 0 aromatic heterocycles. The number of hydrogen-bond donors (Lipinski definition) is 2. The van der Waals surface area contributed by atoms with Crippen molar-refractivity contribution >= 4 is 17.8 Å². The molecule has 0 unspecified atom stereocenters. The minimum Gasteiger partial charge on any atom is -0.351 e. The third-order valence-corrected chi connectivity index (χ3v) is 5.65. The van der Waals surface area contributed by atoms with Gasteiger partial charge in [0.05, 0.1) is 0 Å². The number of imide groups is 1. The van der Waals surface area contributed by atoms with E-state index in [1.54, 1.807) is 0 Å². The molecule has 1 aromatic carbocycles. The molecule has 1 saturated heterocycles. The van der Waals surface area contributed by atoms with E-state index in [2.05, 4.69) is 22.8 Å². The van der Waals surface area contributed by atoms with Crippen molar-refractivity contribution in [3.05, 3.63) is 35.9 Å². The first-order chi connectivity index (χ1) is 11.6. The average Bonchev–Trinajstić information content (AvgIpc) is 3.10. The molecule has 0 spiro atoms. The molecule has 1 heterocycles. The van der Waals surface area contributed by atoms with Gasteiger partial charge in [-0.25, -0.2) is 4.79 Å². The lowest BCUT2D eigenvalue weighted by molar-refractivity contribution is -0.124. The van der Waals surface area contributed by atoms with Crippen LogP contribution in [0.1, 0.15) is 30.7 Å². The number of nitrogens with one attached hydrogen (secondary N) is 2. The zero-order valence-corrected chi connectivity index (χ0v) is 13.4. The Morgan fingerprint density at radius 1 is 1.17 bits per heavy atom. The third kappa shape index (κ3) is 2.56. The van der Waals surface area contributed by atoms with Gasteiger partial charge in [0.2, 0.25) is 11.8 Å². The van der Waals surface area contributed by atoms with Crippen LogP contribution in [0.3, 0.4) is 0 Å². The second-order valence-corrected chi connectivity index (χ2v) is 7.00. The van der Waals surface area contributed by atoms with E-state index in [4.69, 9.17) is 0 Å². The van der Waals surface area contributed by atoms with Crippen LogP contribution in [-0.4, -0.2) is 41.9 Å². The number of carbonyl (C=O) groups is 3. The molecule has 2 N–H and O–H groups in total. The first kappa shape index (κ1) is 15.2. The number of urea groups is 1.